The number of rotatable bonds is 1. The number of halogens is 1. The van der Waals surface area contributed by atoms with Gasteiger partial charge in [-0.05, 0) is 22.4 Å². The van der Waals surface area contributed by atoms with Gasteiger partial charge in [0, 0.05) is 11.8 Å². The Balaban J connectivity index is 1.77. The van der Waals surface area contributed by atoms with Crippen LogP contribution in [0.15, 0.2) is 40.9 Å². The highest BCUT2D eigenvalue weighted by Gasteiger charge is 2.66. The van der Waals surface area contributed by atoms with E-state index in [-0.39, 0.29) is 17.6 Å². The molecule has 1 saturated carbocycles. The molecule has 0 amide bonds. The summed E-state index contributed by atoms with van der Waals surface area (Å²) in [7, 11) is 0. The molecule has 5 rings (SSSR count). The fraction of sp³-hybridized carbons (Fsp3) is 0.400. The predicted octanol–water partition coefficient (Wildman–Crippen LogP) is 3.04. The number of hydrogen-bond donors (Lipinski definition) is 0. The van der Waals surface area contributed by atoms with Gasteiger partial charge in [0.1, 0.15) is 0 Å². The van der Waals surface area contributed by atoms with Crippen LogP contribution in [-0.2, 0) is 9.53 Å². The van der Waals surface area contributed by atoms with Crippen LogP contribution in [0.2, 0.25) is 0 Å². The smallest absolute Gasteiger partial charge is 0.175 e. The maximum atomic E-state index is 12.5. The van der Waals surface area contributed by atoms with Crippen molar-refractivity contribution in [3.8, 4) is 0 Å². The Hall–Kier alpha value is -0.930. The number of allylic oxidation sites excluding steroid dienone is 1. The summed E-state index contributed by atoms with van der Waals surface area (Å²) in [6, 6.07) is 10.4. The van der Waals surface area contributed by atoms with E-state index < -0.39 is 5.60 Å². The van der Waals surface area contributed by atoms with Gasteiger partial charge in [0.05, 0.1) is 6.61 Å². The highest BCUT2D eigenvalue weighted by Crippen LogP contribution is 2.58. The number of epoxide rings is 1. The van der Waals surface area contributed by atoms with E-state index >= 15 is 0 Å². The second-order valence-corrected chi connectivity index (χ2v) is 6.34. The van der Waals surface area contributed by atoms with Gasteiger partial charge in [-0.3, -0.25) is 4.79 Å². The first-order valence-corrected chi connectivity index (χ1v) is 7.12. The molecule has 3 heteroatoms. The Labute approximate surface area is 114 Å². The number of ketones is 1. The lowest BCUT2D eigenvalue weighted by molar-refractivity contribution is -0.132. The highest BCUT2D eigenvalue weighted by molar-refractivity contribution is 9.11. The van der Waals surface area contributed by atoms with Crippen molar-refractivity contribution in [2.75, 3.05) is 6.61 Å². The first kappa shape index (κ1) is 10.9. The molecule has 1 aromatic rings. The molecule has 1 aliphatic heterocycles. The standard InChI is InChI=1S/C15H13BrO2/c16-13-7-11-10(9-4-2-1-3-5-9)6-12(13)15(8-18-15)14(11)17/h1-5,7,10-12H,6,8H2/t10-,11+,12+,15+/m1/s1. The lowest BCUT2D eigenvalue weighted by atomic mass is 9.61. The van der Waals surface area contributed by atoms with E-state index in [1.54, 1.807) is 0 Å². The first-order chi connectivity index (χ1) is 8.72. The Morgan fingerprint density at radius 3 is 2.67 bits per heavy atom. The average Bonchev–Trinajstić information content (AvgIpc) is 3.18. The maximum absolute atomic E-state index is 12.5. The zero-order valence-corrected chi connectivity index (χ0v) is 11.4. The molecule has 2 fully saturated rings. The van der Waals surface area contributed by atoms with E-state index in [1.165, 1.54) is 5.56 Å². The number of ether oxygens (including phenoxy) is 1. The molecule has 4 atom stereocenters. The number of Topliss-reactive ketones (excluding diaryl/α,β-unsaturated/α-hetero) is 1. The number of carbonyl (C=O) groups is 1. The zero-order chi connectivity index (χ0) is 12.3. The fourth-order valence-electron chi connectivity index (χ4n) is 3.51. The molecule has 1 heterocycles. The molecule has 1 spiro atoms. The summed E-state index contributed by atoms with van der Waals surface area (Å²) in [4.78, 5) is 12.5. The summed E-state index contributed by atoms with van der Waals surface area (Å²) >= 11 is 3.62. The van der Waals surface area contributed by atoms with Gasteiger partial charge in [-0.1, -0.05) is 52.3 Å². The van der Waals surface area contributed by atoms with Crippen molar-refractivity contribution in [1.82, 2.24) is 0 Å². The maximum Gasteiger partial charge on any atom is 0.175 e. The summed E-state index contributed by atoms with van der Waals surface area (Å²) in [6.45, 7) is 0.609. The molecule has 92 valence electrons. The third-order valence-corrected chi connectivity index (χ3v) is 5.38. The van der Waals surface area contributed by atoms with Crippen LogP contribution in [0.3, 0.4) is 0 Å². The number of benzene rings is 1. The van der Waals surface area contributed by atoms with Gasteiger partial charge in [-0.2, -0.15) is 0 Å². The lowest BCUT2D eigenvalue weighted by Crippen LogP contribution is -2.49. The second kappa shape index (κ2) is 3.55. The van der Waals surface area contributed by atoms with Crippen LogP contribution >= 0.6 is 15.9 Å². The van der Waals surface area contributed by atoms with Crippen LogP contribution in [0, 0.1) is 11.8 Å². The van der Waals surface area contributed by atoms with Crippen molar-refractivity contribution < 1.29 is 9.53 Å². The highest BCUT2D eigenvalue weighted by atomic mass is 79.9. The van der Waals surface area contributed by atoms with Crippen molar-refractivity contribution in [3.05, 3.63) is 46.5 Å². The van der Waals surface area contributed by atoms with E-state index in [0.717, 1.165) is 10.9 Å². The number of fused-ring (bicyclic) bond motifs is 1. The molecule has 18 heavy (non-hydrogen) atoms. The molecule has 2 bridgehead atoms. The molecule has 1 aromatic carbocycles. The van der Waals surface area contributed by atoms with E-state index in [0.29, 0.717) is 12.5 Å². The van der Waals surface area contributed by atoms with Crippen molar-refractivity contribution in [3.63, 3.8) is 0 Å². The van der Waals surface area contributed by atoms with Gasteiger partial charge in [-0.15, -0.1) is 0 Å². The van der Waals surface area contributed by atoms with Crippen LogP contribution in [0.4, 0.5) is 0 Å². The summed E-state index contributed by atoms with van der Waals surface area (Å²) < 4.78 is 6.68. The van der Waals surface area contributed by atoms with Crippen molar-refractivity contribution in [1.29, 1.82) is 0 Å². The third kappa shape index (κ3) is 1.29. The molecular weight excluding hydrogens is 292 g/mol. The predicted molar refractivity (Wildman–Crippen MR) is 71.5 cm³/mol. The summed E-state index contributed by atoms with van der Waals surface area (Å²) in [5, 5.41) is 0. The number of hydrogen-bond acceptors (Lipinski definition) is 2. The van der Waals surface area contributed by atoms with Crippen LogP contribution in [0.1, 0.15) is 17.9 Å². The Morgan fingerprint density at radius 2 is 2.00 bits per heavy atom. The molecule has 2 nitrogen and oxygen atoms in total. The SMILES string of the molecule is O=C1[C@H]2C=C(Br)[C@H](C[C@@H]2c2ccccc2)[C@@]12CO2. The Bertz CT molecular complexity index is 545. The molecule has 0 radical (unpaired) electrons. The molecule has 0 unspecified atom stereocenters. The average molecular weight is 305 g/mol. The minimum Gasteiger partial charge on any atom is -0.361 e. The summed E-state index contributed by atoms with van der Waals surface area (Å²) in [5.41, 5.74) is 0.802. The first-order valence-electron chi connectivity index (χ1n) is 6.33. The summed E-state index contributed by atoms with van der Waals surface area (Å²) in [5.74, 6) is 0.810. The van der Waals surface area contributed by atoms with Gasteiger partial charge >= 0.3 is 0 Å². The Morgan fingerprint density at radius 1 is 1.28 bits per heavy atom. The van der Waals surface area contributed by atoms with E-state index in [1.807, 2.05) is 18.2 Å². The molecule has 1 saturated heterocycles. The molecule has 3 aliphatic carbocycles. The van der Waals surface area contributed by atoms with E-state index in [4.69, 9.17) is 4.74 Å². The molecule has 0 N–H and O–H groups in total. The van der Waals surface area contributed by atoms with Crippen molar-refractivity contribution in [2.24, 2.45) is 11.8 Å². The lowest BCUT2D eigenvalue weighted by Gasteiger charge is -2.42. The van der Waals surface area contributed by atoms with Crippen molar-refractivity contribution >= 4 is 21.7 Å². The summed E-state index contributed by atoms with van der Waals surface area (Å²) in [6.07, 6.45) is 3.11. The van der Waals surface area contributed by atoms with Crippen molar-refractivity contribution in [2.45, 2.75) is 17.9 Å². The van der Waals surface area contributed by atoms with E-state index in [2.05, 4.69) is 34.1 Å². The fourth-order valence-corrected chi connectivity index (χ4v) is 4.35. The molecule has 0 aromatic heterocycles. The van der Waals surface area contributed by atoms with Crippen LogP contribution < -0.4 is 0 Å². The van der Waals surface area contributed by atoms with Gasteiger partial charge < -0.3 is 4.74 Å². The quantitative estimate of drug-likeness (QED) is 0.746. The van der Waals surface area contributed by atoms with Crippen LogP contribution in [0.5, 0.6) is 0 Å². The van der Waals surface area contributed by atoms with Crippen LogP contribution in [0.25, 0.3) is 0 Å². The third-order valence-electron chi connectivity index (χ3n) is 4.56. The van der Waals surface area contributed by atoms with Gasteiger partial charge in [0.25, 0.3) is 0 Å². The van der Waals surface area contributed by atoms with Gasteiger partial charge in [-0.25, -0.2) is 0 Å². The van der Waals surface area contributed by atoms with Gasteiger partial charge in [0.2, 0.25) is 0 Å². The minimum atomic E-state index is -0.469. The van der Waals surface area contributed by atoms with E-state index in [9.17, 15) is 4.79 Å². The second-order valence-electron chi connectivity index (χ2n) is 5.43. The molecule has 4 aliphatic rings. The van der Waals surface area contributed by atoms with Crippen LogP contribution in [-0.4, -0.2) is 18.0 Å². The molecular formula is C15H13BrO2. The monoisotopic (exact) mass is 304 g/mol. The Kier molecular flexibility index (Phi) is 2.16. The largest absolute Gasteiger partial charge is 0.361 e. The minimum absolute atomic E-state index is 0.0192. The van der Waals surface area contributed by atoms with Gasteiger partial charge in [0.15, 0.2) is 11.4 Å². The normalized spacial score (nSPS) is 41.1. The topological polar surface area (TPSA) is 29.6 Å². The number of carbonyl (C=O) groups excluding carboxylic acids is 1. The zero-order valence-electron chi connectivity index (χ0n) is 9.80.